The highest BCUT2D eigenvalue weighted by molar-refractivity contribution is 5.89. The van der Waals surface area contributed by atoms with Crippen molar-refractivity contribution in [2.45, 2.75) is 51.9 Å². The molecule has 3 rings (SSSR count). The zero-order valence-electron chi connectivity index (χ0n) is 16.8. The van der Waals surface area contributed by atoms with Crippen LogP contribution in [0.2, 0.25) is 0 Å². The van der Waals surface area contributed by atoms with Gasteiger partial charge >= 0.3 is 0 Å². The summed E-state index contributed by atoms with van der Waals surface area (Å²) < 4.78 is 11.5. The van der Waals surface area contributed by atoms with Crippen LogP contribution in [0.4, 0.5) is 0 Å². The van der Waals surface area contributed by atoms with Crippen LogP contribution < -0.4 is 10.2 Å². The van der Waals surface area contributed by atoms with Gasteiger partial charge < -0.3 is 19.4 Å². The summed E-state index contributed by atoms with van der Waals surface area (Å²) in [6, 6.07) is 12.0. The molecule has 0 aliphatic heterocycles. The number of hydrogen-bond acceptors (Lipinski definition) is 5. The smallest absolute Gasteiger partial charge is 0.201 e. The Bertz CT molecular complexity index is 992. The molecule has 2 aromatic carbocycles. The zero-order valence-corrected chi connectivity index (χ0v) is 16.8. The van der Waals surface area contributed by atoms with Crippen molar-refractivity contribution in [1.82, 2.24) is 0 Å². The van der Waals surface area contributed by atoms with E-state index in [1.165, 1.54) is 37.8 Å². The second kappa shape index (κ2) is 10.0. The average molecular weight is 396 g/mol. The summed E-state index contributed by atoms with van der Waals surface area (Å²) in [6.45, 7) is 2.62. The Morgan fingerprint density at radius 3 is 2.31 bits per heavy atom. The molecule has 29 heavy (non-hydrogen) atoms. The van der Waals surface area contributed by atoms with Crippen molar-refractivity contribution in [3.8, 4) is 28.6 Å². The van der Waals surface area contributed by atoms with Gasteiger partial charge in [0.05, 0.1) is 6.61 Å². The van der Waals surface area contributed by atoms with Crippen molar-refractivity contribution in [3.63, 3.8) is 0 Å². The van der Waals surface area contributed by atoms with E-state index >= 15 is 0 Å². The molecule has 0 amide bonds. The van der Waals surface area contributed by atoms with Crippen LogP contribution in [0.25, 0.3) is 22.3 Å². The quantitative estimate of drug-likeness (QED) is 0.324. The normalized spacial score (nSPS) is 11.1. The molecule has 0 saturated carbocycles. The first kappa shape index (κ1) is 20.8. The van der Waals surface area contributed by atoms with E-state index in [2.05, 4.69) is 6.92 Å². The largest absolute Gasteiger partial charge is 0.504 e. The summed E-state index contributed by atoms with van der Waals surface area (Å²) in [4.78, 5) is 12.5. The molecule has 0 saturated heterocycles. The SMILES string of the molecule is CCCCCCCCCOc1cc2oc(-c3ccccc3)cc(=O)c2c(O)c1O. The van der Waals surface area contributed by atoms with Crippen molar-refractivity contribution >= 4 is 11.0 Å². The fourth-order valence-corrected chi connectivity index (χ4v) is 3.37. The summed E-state index contributed by atoms with van der Waals surface area (Å²) in [5, 5.41) is 20.5. The summed E-state index contributed by atoms with van der Waals surface area (Å²) in [6.07, 6.45) is 8.07. The Morgan fingerprint density at radius 1 is 0.897 bits per heavy atom. The number of phenolic OH excluding ortho intramolecular Hbond substituents is 2. The second-order valence-corrected chi connectivity index (χ2v) is 7.26. The summed E-state index contributed by atoms with van der Waals surface area (Å²) in [5.74, 6) is -0.425. The first-order valence-electron chi connectivity index (χ1n) is 10.3. The predicted molar refractivity (Wildman–Crippen MR) is 115 cm³/mol. The maximum Gasteiger partial charge on any atom is 0.201 e. The van der Waals surface area contributed by atoms with Gasteiger partial charge in [-0.25, -0.2) is 0 Å². The van der Waals surface area contributed by atoms with Crippen LogP contribution in [-0.4, -0.2) is 16.8 Å². The molecule has 0 aliphatic rings. The summed E-state index contributed by atoms with van der Waals surface area (Å²) in [5.41, 5.74) is 0.516. The molecule has 5 nitrogen and oxygen atoms in total. The molecular weight excluding hydrogens is 368 g/mol. The number of unbranched alkanes of at least 4 members (excludes halogenated alkanes) is 6. The molecule has 0 atom stereocenters. The van der Waals surface area contributed by atoms with Gasteiger partial charge in [0.2, 0.25) is 5.75 Å². The van der Waals surface area contributed by atoms with Crippen LogP contribution in [0.5, 0.6) is 17.2 Å². The van der Waals surface area contributed by atoms with E-state index < -0.39 is 16.9 Å². The number of benzene rings is 2. The van der Waals surface area contributed by atoms with Crippen LogP contribution in [0, 0.1) is 0 Å². The van der Waals surface area contributed by atoms with Gasteiger partial charge in [-0.15, -0.1) is 0 Å². The van der Waals surface area contributed by atoms with Crippen LogP contribution >= 0.6 is 0 Å². The van der Waals surface area contributed by atoms with Crippen molar-refractivity contribution in [1.29, 1.82) is 0 Å². The maximum atomic E-state index is 12.5. The van der Waals surface area contributed by atoms with E-state index in [-0.39, 0.29) is 16.7 Å². The van der Waals surface area contributed by atoms with E-state index in [0.717, 1.165) is 24.8 Å². The molecule has 0 radical (unpaired) electrons. The zero-order chi connectivity index (χ0) is 20.6. The third-order valence-corrected chi connectivity index (χ3v) is 5.00. The third-order valence-electron chi connectivity index (χ3n) is 5.00. The molecule has 5 heteroatoms. The fourth-order valence-electron chi connectivity index (χ4n) is 3.37. The van der Waals surface area contributed by atoms with Crippen molar-refractivity contribution in [2.75, 3.05) is 6.61 Å². The second-order valence-electron chi connectivity index (χ2n) is 7.26. The molecule has 1 aromatic heterocycles. The number of rotatable bonds is 10. The van der Waals surface area contributed by atoms with Crippen LogP contribution in [0.1, 0.15) is 51.9 Å². The standard InChI is InChI=1S/C24H28O5/c1-2-3-4-5-6-7-11-14-28-21-16-20-22(24(27)23(21)26)18(25)15-19(29-20)17-12-9-8-10-13-17/h8-10,12-13,15-16,26-27H,2-7,11,14H2,1H3. The first-order chi connectivity index (χ1) is 14.1. The number of fused-ring (bicyclic) bond motifs is 1. The van der Waals surface area contributed by atoms with E-state index in [1.54, 1.807) is 0 Å². The minimum Gasteiger partial charge on any atom is -0.504 e. The Labute approximate surface area is 170 Å². The van der Waals surface area contributed by atoms with Gasteiger partial charge in [0.15, 0.2) is 16.9 Å². The molecule has 0 bridgehead atoms. The van der Waals surface area contributed by atoms with E-state index in [9.17, 15) is 15.0 Å². The van der Waals surface area contributed by atoms with Gasteiger partial charge in [-0.3, -0.25) is 4.79 Å². The Morgan fingerprint density at radius 2 is 1.59 bits per heavy atom. The van der Waals surface area contributed by atoms with Gasteiger partial charge in [0.25, 0.3) is 0 Å². The highest BCUT2D eigenvalue weighted by Gasteiger charge is 2.18. The minimum atomic E-state index is -0.509. The molecule has 0 spiro atoms. The lowest BCUT2D eigenvalue weighted by Crippen LogP contribution is -2.03. The maximum absolute atomic E-state index is 12.5. The Kier molecular flexibility index (Phi) is 7.17. The predicted octanol–water partition coefficient (Wildman–Crippen LogP) is 6.00. The van der Waals surface area contributed by atoms with Gasteiger partial charge in [0.1, 0.15) is 16.7 Å². The lowest BCUT2D eigenvalue weighted by atomic mass is 10.1. The molecule has 0 fully saturated rings. The first-order valence-corrected chi connectivity index (χ1v) is 10.3. The summed E-state index contributed by atoms with van der Waals surface area (Å²) >= 11 is 0. The van der Waals surface area contributed by atoms with E-state index in [4.69, 9.17) is 9.15 Å². The molecule has 154 valence electrons. The molecule has 1 heterocycles. The molecular formula is C24H28O5. The van der Waals surface area contributed by atoms with E-state index in [0.29, 0.717) is 12.4 Å². The number of ether oxygens (including phenoxy) is 1. The Hall–Kier alpha value is -2.95. The topological polar surface area (TPSA) is 79.9 Å². The van der Waals surface area contributed by atoms with Gasteiger partial charge in [-0.2, -0.15) is 0 Å². The van der Waals surface area contributed by atoms with Crippen molar-refractivity contribution in [3.05, 3.63) is 52.7 Å². The third kappa shape index (κ3) is 5.11. The van der Waals surface area contributed by atoms with Gasteiger partial charge in [0, 0.05) is 17.7 Å². The lowest BCUT2D eigenvalue weighted by molar-refractivity contribution is 0.283. The number of hydrogen-bond donors (Lipinski definition) is 2. The highest BCUT2D eigenvalue weighted by Crippen LogP contribution is 2.41. The van der Waals surface area contributed by atoms with E-state index in [1.807, 2.05) is 30.3 Å². The molecule has 3 aromatic rings. The number of aromatic hydroxyl groups is 2. The average Bonchev–Trinajstić information content (AvgIpc) is 2.73. The van der Waals surface area contributed by atoms with Gasteiger partial charge in [-0.1, -0.05) is 75.8 Å². The summed E-state index contributed by atoms with van der Waals surface area (Å²) in [7, 11) is 0. The van der Waals surface area contributed by atoms with Crippen LogP contribution in [0.15, 0.2) is 51.7 Å². The lowest BCUT2D eigenvalue weighted by Gasteiger charge is -2.11. The fraction of sp³-hybridized carbons (Fsp3) is 0.375. The van der Waals surface area contributed by atoms with Crippen LogP contribution in [0.3, 0.4) is 0 Å². The van der Waals surface area contributed by atoms with Crippen molar-refractivity contribution < 1.29 is 19.4 Å². The highest BCUT2D eigenvalue weighted by atomic mass is 16.5. The molecule has 0 unspecified atom stereocenters. The minimum absolute atomic E-state index is 0.0505. The van der Waals surface area contributed by atoms with Gasteiger partial charge in [-0.05, 0) is 6.42 Å². The van der Waals surface area contributed by atoms with Crippen molar-refractivity contribution in [2.24, 2.45) is 0 Å². The monoisotopic (exact) mass is 396 g/mol. The molecule has 2 N–H and O–H groups in total. The molecule has 0 aliphatic carbocycles. The Balaban J connectivity index is 1.75. The number of phenols is 2. The van der Waals surface area contributed by atoms with Crippen LogP contribution in [-0.2, 0) is 0 Å².